The molecule has 0 aromatic carbocycles. The second-order valence-electron chi connectivity index (χ2n) is 4.04. The van der Waals surface area contributed by atoms with Crippen molar-refractivity contribution >= 4 is 28.7 Å². The first-order valence-corrected chi connectivity index (χ1v) is 6.39. The van der Waals surface area contributed by atoms with Gasteiger partial charge in [-0.3, -0.25) is 10.1 Å². The summed E-state index contributed by atoms with van der Waals surface area (Å²) in [5.41, 5.74) is 5.46. The van der Waals surface area contributed by atoms with E-state index in [4.69, 9.17) is 5.73 Å². The second kappa shape index (κ2) is 5.19. The minimum Gasteiger partial charge on any atom is -0.384 e. The van der Waals surface area contributed by atoms with Crippen LogP contribution in [0.1, 0.15) is 22.9 Å². The first-order valence-electron chi connectivity index (χ1n) is 5.57. The Labute approximate surface area is 113 Å². The molecule has 0 bridgehead atoms. The SMILES string of the molecule is Cc1cnc(C(C)Nc2nc(N)ccc2[N+](=O)[O-])s1. The molecule has 2 aromatic heterocycles. The average molecular weight is 279 g/mol. The molecule has 0 aliphatic rings. The largest absolute Gasteiger partial charge is 0.384 e. The number of nitrogens with two attached hydrogens (primary N) is 1. The molecule has 2 rings (SSSR count). The van der Waals surface area contributed by atoms with Crippen LogP contribution in [0.3, 0.4) is 0 Å². The highest BCUT2D eigenvalue weighted by Gasteiger charge is 2.19. The van der Waals surface area contributed by atoms with Crippen LogP contribution in [0.5, 0.6) is 0 Å². The molecule has 7 nitrogen and oxygen atoms in total. The molecule has 3 N–H and O–H groups in total. The molecule has 1 unspecified atom stereocenters. The molecule has 0 saturated heterocycles. The van der Waals surface area contributed by atoms with E-state index in [1.807, 2.05) is 13.8 Å². The minimum atomic E-state index is -0.491. The van der Waals surface area contributed by atoms with Crippen molar-refractivity contribution in [3.05, 3.63) is 38.3 Å². The molecular formula is C11H13N5O2S. The maximum absolute atomic E-state index is 10.9. The van der Waals surface area contributed by atoms with Crippen LogP contribution in [0, 0.1) is 17.0 Å². The van der Waals surface area contributed by atoms with E-state index in [0.717, 1.165) is 9.88 Å². The minimum absolute atomic E-state index is 0.102. The molecule has 0 fully saturated rings. The average Bonchev–Trinajstić information content (AvgIpc) is 2.75. The Morgan fingerprint density at radius 1 is 1.53 bits per heavy atom. The van der Waals surface area contributed by atoms with Crippen molar-refractivity contribution in [3.63, 3.8) is 0 Å². The fraction of sp³-hybridized carbons (Fsp3) is 0.273. The molecule has 0 spiro atoms. The number of thiazole rings is 1. The van der Waals surface area contributed by atoms with E-state index in [1.165, 1.54) is 23.5 Å². The van der Waals surface area contributed by atoms with Crippen molar-refractivity contribution in [1.29, 1.82) is 0 Å². The number of anilines is 2. The molecule has 0 amide bonds. The Hall–Kier alpha value is -2.22. The van der Waals surface area contributed by atoms with Crippen LogP contribution >= 0.6 is 11.3 Å². The van der Waals surface area contributed by atoms with Gasteiger partial charge in [-0.1, -0.05) is 0 Å². The lowest BCUT2D eigenvalue weighted by Crippen LogP contribution is -2.10. The number of nitrogens with one attached hydrogen (secondary N) is 1. The van der Waals surface area contributed by atoms with Gasteiger partial charge in [0, 0.05) is 17.1 Å². The molecule has 2 aromatic rings. The Morgan fingerprint density at radius 3 is 2.84 bits per heavy atom. The van der Waals surface area contributed by atoms with Gasteiger partial charge in [0.15, 0.2) is 0 Å². The van der Waals surface area contributed by atoms with Gasteiger partial charge in [-0.2, -0.15) is 0 Å². The molecule has 0 aliphatic heterocycles. The van der Waals surface area contributed by atoms with Crippen molar-refractivity contribution in [3.8, 4) is 0 Å². The lowest BCUT2D eigenvalue weighted by molar-refractivity contribution is -0.384. The number of pyridine rings is 1. The van der Waals surface area contributed by atoms with Gasteiger partial charge in [0.1, 0.15) is 10.8 Å². The Balaban J connectivity index is 2.27. The van der Waals surface area contributed by atoms with Gasteiger partial charge in [0.05, 0.1) is 11.0 Å². The van der Waals surface area contributed by atoms with Gasteiger partial charge >= 0.3 is 5.69 Å². The smallest absolute Gasteiger partial charge is 0.311 e. The Morgan fingerprint density at radius 2 is 2.26 bits per heavy atom. The molecule has 8 heteroatoms. The van der Waals surface area contributed by atoms with E-state index < -0.39 is 4.92 Å². The highest BCUT2D eigenvalue weighted by Crippen LogP contribution is 2.28. The second-order valence-corrected chi connectivity index (χ2v) is 5.30. The van der Waals surface area contributed by atoms with E-state index in [0.29, 0.717) is 0 Å². The summed E-state index contributed by atoms with van der Waals surface area (Å²) in [6.45, 7) is 3.82. The van der Waals surface area contributed by atoms with Crippen LogP contribution in [0.15, 0.2) is 18.3 Å². The normalized spacial score (nSPS) is 12.1. The zero-order chi connectivity index (χ0) is 14.0. The zero-order valence-corrected chi connectivity index (χ0v) is 11.3. The van der Waals surface area contributed by atoms with Gasteiger partial charge in [0.25, 0.3) is 0 Å². The van der Waals surface area contributed by atoms with Gasteiger partial charge in [-0.25, -0.2) is 9.97 Å². The van der Waals surface area contributed by atoms with Crippen LogP contribution < -0.4 is 11.1 Å². The molecular weight excluding hydrogens is 266 g/mol. The fourth-order valence-electron chi connectivity index (χ4n) is 1.56. The standard InChI is InChI=1S/C11H13N5O2S/c1-6-5-13-11(19-6)7(2)14-10-8(16(17)18)3-4-9(12)15-10/h3-5,7H,1-2H3,(H3,12,14,15). The maximum atomic E-state index is 10.9. The van der Waals surface area contributed by atoms with E-state index in [-0.39, 0.29) is 23.4 Å². The number of aryl methyl sites for hydroxylation is 1. The molecule has 1 atom stereocenters. The summed E-state index contributed by atoms with van der Waals surface area (Å²) in [5, 5.41) is 14.7. The number of nitrogens with zero attached hydrogens (tertiary/aromatic N) is 3. The third-order valence-corrected chi connectivity index (χ3v) is 3.55. The fourth-order valence-corrected chi connectivity index (χ4v) is 2.34. The summed E-state index contributed by atoms with van der Waals surface area (Å²) < 4.78 is 0. The number of nitro groups is 1. The molecule has 0 aliphatic carbocycles. The number of hydrogen-bond donors (Lipinski definition) is 2. The summed E-state index contributed by atoms with van der Waals surface area (Å²) in [6, 6.07) is 2.57. The Kier molecular flexibility index (Phi) is 3.61. The van der Waals surface area contributed by atoms with Crippen molar-refractivity contribution in [1.82, 2.24) is 9.97 Å². The maximum Gasteiger partial charge on any atom is 0.311 e. The summed E-state index contributed by atoms with van der Waals surface area (Å²) in [7, 11) is 0. The van der Waals surface area contributed by atoms with Gasteiger partial charge < -0.3 is 11.1 Å². The van der Waals surface area contributed by atoms with Gasteiger partial charge in [0.2, 0.25) is 5.82 Å². The third kappa shape index (κ3) is 2.97. The lowest BCUT2D eigenvalue weighted by atomic mass is 10.3. The van der Waals surface area contributed by atoms with Crippen molar-refractivity contribution in [2.45, 2.75) is 19.9 Å². The monoisotopic (exact) mass is 279 g/mol. The summed E-state index contributed by atoms with van der Waals surface area (Å²) in [5.74, 6) is 0.390. The van der Waals surface area contributed by atoms with Crippen LogP contribution in [-0.2, 0) is 0 Å². The van der Waals surface area contributed by atoms with E-state index in [2.05, 4.69) is 15.3 Å². The number of rotatable bonds is 4. The number of aromatic nitrogens is 2. The zero-order valence-electron chi connectivity index (χ0n) is 10.5. The van der Waals surface area contributed by atoms with Crippen LogP contribution in [0.2, 0.25) is 0 Å². The quantitative estimate of drug-likeness (QED) is 0.657. The van der Waals surface area contributed by atoms with Crippen molar-refractivity contribution < 1.29 is 4.92 Å². The number of nitrogen functional groups attached to an aromatic ring is 1. The van der Waals surface area contributed by atoms with Crippen LogP contribution in [0.4, 0.5) is 17.3 Å². The summed E-state index contributed by atoms with van der Waals surface area (Å²) >= 11 is 1.53. The first-order chi connectivity index (χ1) is 8.97. The summed E-state index contributed by atoms with van der Waals surface area (Å²) in [6.07, 6.45) is 1.76. The number of hydrogen-bond acceptors (Lipinski definition) is 7. The molecule has 100 valence electrons. The highest BCUT2D eigenvalue weighted by molar-refractivity contribution is 7.11. The van der Waals surface area contributed by atoms with Gasteiger partial charge in [-0.05, 0) is 19.9 Å². The lowest BCUT2D eigenvalue weighted by Gasteiger charge is -2.12. The van der Waals surface area contributed by atoms with E-state index in [9.17, 15) is 10.1 Å². The van der Waals surface area contributed by atoms with Crippen molar-refractivity contribution in [2.75, 3.05) is 11.1 Å². The molecule has 2 heterocycles. The van der Waals surface area contributed by atoms with E-state index >= 15 is 0 Å². The van der Waals surface area contributed by atoms with E-state index in [1.54, 1.807) is 6.20 Å². The van der Waals surface area contributed by atoms with Crippen molar-refractivity contribution in [2.24, 2.45) is 0 Å². The predicted molar refractivity (Wildman–Crippen MR) is 74.2 cm³/mol. The first kappa shape index (κ1) is 13.2. The van der Waals surface area contributed by atoms with Crippen LogP contribution in [-0.4, -0.2) is 14.9 Å². The van der Waals surface area contributed by atoms with Gasteiger partial charge in [-0.15, -0.1) is 11.3 Å². The van der Waals surface area contributed by atoms with Crippen LogP contribution in [0.25, 0.3) is 0 Å². The molecule has 0 radical (unpaired) electrons. The molecule has 19 heavy (non-hydrogen) atoms. The third-order valence-electron chi connectivity index (χ3n) is 2.45. The predicted octanol–water partition coefficient (Wildman–Crippen LogP) is 2.51. The summed E-state index contributed by atoms with van der Waals surface area (Å²) in [4.78, 5) is 19.7. The topological polar surface area (TPSA) is 107 Å². The molecule has 0 saturated carbocycles. The highest BCUT2D eigenvalue weighted by atomic mass is 32.1. The Bertz CT molecular complexity index is 613.